The number of carboxylic acids is 1. The van der Waals surface area contributed by atoms with Gasteiger partial charge in [0.25, 0.3) is 0 Å². The van der Waals surface area contributed by atoms with Crippen LogP contribution in [-0.2, 0) is 9.53 Å². The second kappa shape index (κ2) is 7.53. The molecule has 0 saturated carbocycles. The number of rotatable bonds is 4. The summed E-state index contributed by atoms with van der Waals surface area (Å²) < 4.78 is 51.5. The Balaban J connectivity index is 2.09. The summed E-state index contributed by atoms with van der Waals surface area (Å²) in [6, 6.07) is 3.72. The van der Waals surface area contributed by atoms with Crippen LogP contribution in [0.15, 0.2) is 24.3 Å². The average molecular weight is 391 g/mol. The summed E-state index contributed by atoms with van der Waals surface area (Å²) in [4.78, 5) is 24.7. The molecule has 1 saturated heterocycles. The van der Waals surface area contributed by atoms with Crippen molar-refractivity contribution in [2.45, 2.75) is 51.3 Å². The fourth-order valence-electron chi connectivity index (χ4n) is 2.58. The molecule has 1 aliphatic heterocycles. The summed E-state index contributed by atoms with van der Waals surface area (Å²) in [5.41, 5.74) is -0.803. The molecule has 27 heavy (non-hydrogen) atoms. The molecule has 0 aliphatic carbocycles. The molecule has 0 radical (unpaired) electrons. The van der Waals surface area contributed by atoms with Crippen molar-refractivity contribution in [3.63, 3.8) is 0 Å². The standard InChI is InChI=1S/C17H20F3NO6/c1-16(2,3)27-15(24)21-9-12(8-13(21)14(22)23)25-10-5-4-6-11(7-10)26-17(18,19)20/h4-7,12-13H,8-9H2,1-3H3,(H,22,23)/t12-,13+/m1/s1. The van der Waals surface area contributed by atoms with Crippen molar-refractivity contribution < 1.29 is 42.1 Å². The zero-order valence-electron chi connectivity index (χ0n) is 14.9. The summed E-state index contributed by atoms with van der Waals surface area (Å²) in [5.74, 6) is -1.62. The number of carboxylic acid groups (broad SMARTS) is 1. The normalized spacial score (nSPS) is 20.3. The van der Waals surface area contributed by atoms with Gasteiger partial charge < -0.3 is 19.3 Å². The van der Waals surface area contributed by atoms with E-state index in [-0.39, 0.29) is 18.7 Å². The number of nitrogens with zero attached hydrogens (tertiary/aromatic N) is 1. The van der Waals surface area contributed by atoms with Gasteiger partial charge in [0, 0.05) is 12.5 Å². The lowest BCUT2D eigenvalue weighted by Crippen LogP contribution is -2.43. The van der Waals surface area contributed by atoms with E-state index in [1.807, 2.05) is 0 Å². The molecule has 0 aromatic heterocycles. The van der Waals surface area contributed by atoms with Gasteiger partial charge in [0.1, 0.15) is 29.2 Å². The summed E-state index contributed by atoms with van der Waals surface area (Å²) >= 11 is 0. The van der Waals surface area contributed by atoms with Crippen LogP contribution in [-0.4, -0.2) is 52.7 Å². The number of halogens is 3. The third-order valence-corrected chi connectivity index (χ3v) is 3.52. The number of ether oxygens (including phenoxy) is 3. The first kappa shape index (κ1) is 20.7. The molecule has 1 aromatic rings. The first-order valence-corrected chi connectivity index (χ1v) is 8.09. The summed E-state index contributed by atoms with van der Waals surface area (Å²) in [6.45, 7) is 4.88. The van der Waals surface area contributed by atoms with Crippen molar-refractivity contribution in [1.82, 2.24) is 4.90 Å². The molecule has 1 heterocycles. The van der Waals surface area contributed by atoms with Crippen LogP contribution in [0.1, 0.15) is 27.2 Å². The Morgan fingerprint density at radius 2 is 1.81 bits per heavy atom. The van der Waals surface area contributed by atoms with E-state index < -0.39 is 41.9 Å². The molecule has 1 aliphatic rings. The molecule has 1 N–H and O–H groups in total. The molecule has 0 spiro atoms. The zero-order valence-corrected chi connectivity index (χ0v) is 14.9. The van der Waals surface area contributed by atoms with Gasteiger partial charge in [-0.15, -0.1) is 13.2 Å². The van der Waals surface area contributed by atoms with Gasteiger partial charge in [0.15, 0.2) is 0 Å². The number of hydrogen-bond donors (Lipinski definition) is 1. The smallest absolute Gasteiger partial charge is 0.488 e. The number of aliphatic carboxylic acids is 1. The van der Waals surface area contributed by atoms with Crippen LogP contribution in [0.25, 0.3) is 0 Å². The number of alkyl halides is 3. The van der Waals surface area contributed by atoms with Crippen molar-refractivity contribution in [3.8, 4) is 11.5 Å². The number of hydrogen-bond acceptors (Lipinski definition) is 5. The molecular formula is C17H20F3NO6. The van der Waals surface area contributed by atoms with Crippen molar-refractivity contribution >= 4 is 12.1 Å². The lowest BCUT2D eigenvalue weighted by atomic mass is 10.2. The topological polar surface area (TPSA) is 85.3 Å². The molecule has 2 rings (SSSR count). The van der Waals surface area contributed by atoms with Crippen molar-refractivity contribution in [2.24, 2.45) is 0 Å². The Hall–Kier alpha value is -2.65. The maximum Gasteiger partial charge on any atom is 0.573 e. The monoisotopic (exact) mass is 391 g/mol. The van der Waals surface area contributed by atoms with E-state index in [1.165, 1.54) is 12.1 Å². The van der Waals surface area contributed by atoms with Gasteiger partial charge in [-0.3, -0.25) is 4.90 Å². The first-order valence-electron chi connectivity index (χ1n) is 8.09. The highest BCUT2D eigenvalue weighted by molar-refractivity contribution is 5.81. The molecular weight excluding hydrogens is 371 g/mol. The van der Waals surface area contributed by atoms with Gasteiger partial charge in [-0.25, -0.2) is 9.59 Å². The highest BCUT2D eigenvalue weighted by atomic mass is 19.4. The highest BCUT2D eigenvalue weighted by Crippen LogP contribution is 2.29. The molecule has 2 atom stereocenters. The van der Waals surface area contributed by atoms with E-state index in [1.54, 1.807) is 20.8 Å². The molecule has 150 valence electrons. The minimum absolute atomic E-state index is 0.0288. The van der Waals surface area contributed by atoms with E-state index in [0.717, 1.165) is 17.0 Å². The average Bonchev–Trinajstić information content (AvgIpc) is 2.88. The second-order valence-electron chi connectivity index (χ2n) is 6.98. The second-order valence-corrected chi connectivity index (χ2v) is 6.98. The van der Waals surface area contributed by atoms with Crippen LogP contribution in [0.5, 0.6) is 11.5 Å². The maximum atomic E-state index is 12.3. The minimum Gasteiger partial charge on any atom is -0.488 e. The first-order chi connectivity index (χ1) is 12.3. The number of amides is 1. The summed E-state index contributed by atoms with van der Waals surface area (Å²) in [7, 11) is 0. The molecule has 7 nitrogen and oxygen atoms in total. The fourth-order valence-corrected chi connectivity index (χ4v) is 2.58. The molecule has 1 amide bonds. The third kappa shape index (κ3) is 6.22. The zero-order chi connectivity index (χ0) is 20.4. The minimum atomic E-state index is -4.84. The predicted molar refractivity (Wildman–Crippen MR) is 86.5 cm³/mol. The summed E-state index contributed by atoms with van der Waals surface area (Å²) in [5, 5.41) is 9.34. The molecule has 1 aromatic carbocycles. The van der Waals surface area contributed by atoms with Gasteiger partial charge in [-0.2, -0.15) is 0 Å². The van der Waals surface area contributed by atoms with Gasteiger partial charge in [-0.1, -0.05) is 6.07 Å². The van der Waals surface area contributed by atoms with Crippen LogP contribution < -0.4 is 9.47 Å². The van der Waals surface area contributed by atoms with E-state index in [0.29, 0.717) is 0 Å². The largest absolute Gasteiger partial charge is 0.573 e. The van der Waals surface area contributed by atoms with Crippen molar-refractivity contribution in [3.05, 3.63) is 24.3 Å². The SMILES string of the molecule is CC(C)(C)OC(=O)N1C[C@H](Oc2cccc(OC(F)(F)F)c2)C[C@H]1C(=O)O. The van der Waals surface area contributed by atoms with Gasteiger partial charge >= 0.3 is 18.4 Å². The van der Waals surface area contributed by atoms with Crippen LogP contribution in [0.3, 0.4) is 0 Å². The predicted octanol–water partition coefficient (Wildman–Crippen LogP) is 3.43. The Bertz CT molecular complexity index is 701. The van der Waals surface area contributed by atoms with Crippen molar-refractivity contribution in [2.75, 3.05) is 6.54 Å². The van der Waals surface area contributed by atoms with Gasteiger partial charge in [0.05, 0.1) is 6.54 Å². The number of benzene rings is 1. The molecule has 0 unspecified atom stereocenters. The van der Waals surface area contributed by atoms with Crippen LogP contribution >= 0.6 is 0 Å². The number of likely N-dealkylation sites (tertiary alicyclic amines) is 1. The van der Waals surface area contributed by atoms with Gasteiger partial charge in [-0.05, 0) is 32.9 Å². The molecule has 1 fully saturated rings. The van der Waals surface area contributed by atoms with E-state index in [2.05, 4.69) is 4.74 Å². The quantitative estimate of drug-likeness (QED) is 0.847. The van der Waals surface area contributed by atoms with Crippen molar-refractivity contribution in [1.29, 1.82) is 0 Å². The Morgan fingerprint density at radius 3 is 2.37 bits per heavy atom. The fraction of sp³-hybridized carbons (Fsp3) is 0.529. The molecule has 0 bridgehead atoms. The number of carbonyl (C=O) groups is 2. The summed E-state index contributed by atoms with van der Waals surface area (Å²) in [6.07, 6.45) is -6.39. The van der Waals surface area contributed by atoms with E-state index >= 15 is 0 Å². The lowest BCUT2D eigenvalue weighted by Gasteiger charge is -2.26. The van der Waals surface area contributed by atoms with Crippen LogP contribution in [0.2, 0.25) is 0 Å². The van der Waals surface area contributed by atoms with E-state index in [9.17, 15) is 27.9 Å². The van der Waals surface area contributed by atoms with Crippen LogP contribution in [0.4, 0.5) is 18.0 Å². The Kier molecular flexibility index (Phi) is 5.76. The Labute approximate surface area is 153 Å². The molecule has 10 heteroatoms. The van der Waals surface area contributed by atoms with Gasteiger partial charge in [0.2, 0.25) is 0 Å². The number of carbonyl (C=O) groups excluding carboxylic acids is 1. The third-order valence-electron chi connectivity index (χ3n) is 3.52. The van der Waals surface area contributed by atoms with Crippen LogP contribution in [0, 0.1) is 0 Å². The maximum absolute atomic E-state index is 12.3. The highest BCUT2D eigenvalue weighted by Gasteiger charge is 2.42. The van der Waals surface area contributed by atoms with E-state index in [4.69, 9.17) is 9.47 Å². The Morgan fingerprint density at radius 1 is 1.19 bits per heavy atom. The lowest BCUT2D eigenvalue weighted by molar-refractivity contribution is -0.274.